The summed E-state index contributed by atoms with van der Waals surface area (Å²) >= 11 is 0. The standard InChI is InChI=1S/C3H3N3O2.K/c7-3(8)2-4-1-5-6-2;/h1H,(H,7,8)(H,4,5,6);/q;+1/p-1. The first-order valence-electron chi connectivity index (χ1n) is 1.87. The molecule has 42 valence electrons. The van der Waals surface area contributed by atoms with Crippen molar-refractivity contribution in [3.8, 4) is 0 Å². The number of H-pyrrole nitrogens is 1. The number of aromatic carboxylic acids is 1. The maximum atomic E-state index is 9.82. The van der Waals surface area contributed by atoms with Crippen LogP contribution in [-0.4, -0.2) is 21.2 Å². The van der Waals surface area contributed by atoms with Crippen LogP contribution in [0.15, 0.2) is 6.33 Å². The van der Waals surface area contributed by atoms with E-state index in [1.54, 1.807) is 0 Å². The Kier molecular flexibility index (Phi) is 4.24. The van der Waals surface area contributed by atoms with Gasteiger partial charge in [-0.05, 0) is 0 Å². The summed E-state index contributed by atoms with van der Waals surface area (Å²) in [4.78, 5) is 13.1. The summed E-state index contributed by atoms with van der Waals surface area (Å²) in [5.74, 6) is -1.59. The van der Waals surface area contributed by atoms with E-state index in [-0.39, 0.29) is 57.2 Å². The number of nitrogens with zero attached hydrogens (tertiary/aromatic N) is 2. The van der Waals surface area contributed by atoms with Crippen LogP contribution >= 0.6 is 0 Å². The van der Waals surface area contributed by atoms with Gasteiger partial charge in [-0.1, -0.05) is 0 Å². The molecule has 9 heavy (non-hydrogen) atoms. The van der Waals surface area contributed by atoms with Gasteiger partial charge < -0.3 is 9.90 Å². The van der Waals surface area contributed by atoms with Gasteiger partial charge in [0.25, 0.3) is 0 Å². The van der Waals surface area contributed by atoms with E-state index in [1.807, 2.05) is 0 Å². The van der Waals surface area contributed by atoms with Crippen LogP contribution < -0.4 is 56.5 Å². The van der Waals surface area contributed by atoms with Gasteiger partial charge in [-0.2, -0.15) is 5.10 Å². The second-order valence-corrected chi connectivity index (χ2v) is 1.12. The molecule has 0 bridgehead atoms. The molecule has 0 spiro atoms. The molecule has 1 heterocycles. The van der Waals surface area contributed by atoms with E-state index in [4.69, 9.17) is 0 Å². The number of hydrogen-bond acceptors (Lipinski definition) is 4. The monoisotopic (exact) mass is 151 g/mol. The van der Waals surface area contributed by atoms with Gasteiger partial charge in [-0.3, -0.25) is 5.10 Å². The molecule has 1 rings (SSSR count). The fraction of sp³-hybridized carbons (Fsp3) is 0. The molecule has 6 heteroatoms. The molecule has 0 aliphatic heterocycles. The van der Waals surface area contributed by atoms with Gasteiger partial charge in [-0.25, -0.2) is 4.98 Å². The molecular formula is C3H2KN3O2. The predicted octanol–water partition coefficient (Wildman–Crippen LogP) is -4.83. The number of carboxylic acid groups (broad SMARTS) is 1. The number of aromatic nitrogens is 3. The Balaban J connectivity index is 0.000000640. The molecule has 0 atom stereocenters. The Bertz CT molecular complexity index is 185. The van der Waals surface area contributed by atoms with Crippen molar-refractivity contribution in [2.75, 3.05) is 0 Å². The van der Waals surface area contributed by atoms with Crippen molar-refractivity contribution in [2.24, 2.45) is 0 Å². The maximum absolute atomic E-state index is 9.82. The summed E-state index contributed by atoms with van der Waals surface area (Å²) in [6.45, 7) is 0. The quantitative estimate of drug-likeness (QED) is 0.408. The Morgan fingerprint density at radius 2 is 2.44 bits per heavy atom. The molecule has 0 amide bonds. The number of hydrogen-bond donors (Lipinski definition) is 1. The van der Waals surface area contributed by atoms with Crippen LogP contribution in [0.25, 0.3) is 0 Å². The zero-order valence-corrected chi connectivity index (χ0v) is 7.91. The minimum atomic E-state index is -1.34. The fourth-order valence-electron chi connectivity index (χ4n) is 0.304. The fourth-order valence-corrected chi connectivity index (χ4v) is 0.304. The summed E-state index contributed by atoms with van der Waals surface area (Å²) in [5, 5.41) is 15.2. The molecule has 1 aromatic rings. The van der Waals surface area contributed by atoms with Gasteiger partial charge >= 0.3 is 51.4 Å². The second kappa shape index (κ2) is 4.12. The van der Waals surface area contributed by atoms with Crippen LogP contribution in [-0.2, 0) is 0 Å². The van der Waals surface area contributed by atoms with Crippen molar-refractivity contribution in [1.82, 2.24) is 15.2 Å². The van der Waals surface area contributed by atoms with Gasteiger partial charge in [0.15, 0.2) is 5.82 Å². The largest absolute Gasteiger partial charge is 1.00 e. The van der Waals surface area contributed by atoms with E-state index < -0.39 is 5.97 Å². The summed E-state index contributed by atoms with van der Waals surface area (Å²) in [6.07, 6.45) is 1.10. The smallest absolute Gasteiger partial charge is 0.542 e. The van der Waals surface area contributed by atoms with Crippen molar-refractivity contribution in [3.63, 3.8) is 0 Å². The number of aromatic amines is 1. The van der Waals surface area contributed by atoms with Gasteiger partial charge in [0, 0.05) is 0 Å². The average Bonchev–Trinajstić information content (AvgIpc) is 2.12. The van der Waals surface area contributed by atoms with E-state index in [2.05, 4.69) is 15.2 Å². The SMILES string of the molecule is O=C([O-])c1ncn[nH]1.[K+]. The Morgan fingerprint density at radius 1 is 1.78 bits per heavy atom. The Labute approximate surface area is 93.3 Å². The van der Waals surface area contributed by atoms with E-state index in [0.717, 1.165) is 6.33 Å². The van der Waals surface area contributed by atoms with Crippen LogP contribution in [0, 0.1) is 0 Å². The van der Waals surface area contributed by atoms with Crippen LogP contribution in [0.4, 0.5) is 0 Å². The molecule has 0 fully saturated rings. The van der Waals surface area contributed by atoms with E-state index in [0.29, 0.717) is 0 Å². The molecule has 5 nitrogen and oxygen atoms in total. The van der Waals surface area contributed by atoms with Crippen molar-refractivity contribution >= 4 is 5.97 Å². The van der Waals surface area contributed by atoms with Gasteiger partial charge in [0.1, 0.15) is 12.3 Å². The Hall–Kier alpha value is 0.246. The summed E-state index contributed by atoms with van der Waals surface area (Å²) in [6, 6.07) is 0. The van der Waals surface area contributed by atoms with Crippen LogP contribution in [0.5, 0.6) is 0 Å². The summed E-state index contributed by atoms with van der Waals surface area (Å²) < 4.78 is 0. The van der Waals surface area contributed by atoms with Crippen LogP contribution in [0.3, 0.4) is 0 Å². The first-order valence-corrected chi connectivity index (χ1v) is 1.87. The molecular weight excluding hydrogens is 149 g/mol. The number of carboxylic acids is 1. The van der Waals surface area contributed by atoms with Crippen LogP contribution in [0.2, 0.25) is 0 Å². The van der Waals surface area contributed by atoms with E-state index in [1.165, 1.54) is 0 Å². The summed E-state index contributed by atoms with van der Waals surface area (Å²) in [7, 11) is 0. The first-order chi connectivity index (χ1) is 3.80. The topological polar surface area (TPSA) is 81.7 Å². The second-order valence-electron chi connectivity index (χ2n) is 1.12. The molecule has 0 aromatic carbocycles. The van der Waals surface area contributed by atoms with E-state index in [9.17, 15) is 9.90 Å². The van der Waals surface area contributed by atoms with Crippen molar-refractivity contribution in [3.05, 3.63) is 12.2 Å². The van der Waals surface area contributed by atoms with Gasteiger partial charge in [0.05, 0.1) is 0 Å². The average molecular weight is 151 g/mol. The molecule has 0 aliphatic rings. The van der Waals surface area contributed by atoms with Crippen LogP contribution in [0.1, 0.15) is 10.6 Å². The maximum Gasteiger partial charge on any atom is 1.00 e. The molecule has 0 radical (unpaired) electrons. The molecule has 1 aromatic heterocycles. The molecule has 0 saturated heterocycles. The first kappa shape index (κ1) is 9.25. The third-order valence-electron chi connectivity index (χ3n) is 0.608. The van der Waals surface area contributed by atoms with Crippen molar-refractivity contribution in [2.45, 2.75) is 0 Å². The minimum Gasteiger partial charge on any atom is -0.542 e. The zero-order chi connectivity index (χ0) is 5.98. The van der Waals surface area contributed by atoms with E-state index >= 15 is 0 Å². The molecule has 0 aliphatic carbocycles. The van der Waals surface area contributed by atoms with Gasteiger partial charge in [0.2, 0.25) is 0 Å². The Morgan fingerprint density at radius 3 is 2.67 bits per heavy atom. The number of carbonyl (C=O) groups excluding carboxylic acids is 1. The summed E-state index contributed by atoms with van der Waals surface area (Å²) in [5.41, 5.74) is 0. The number of rotatable bonds is 1. The minimum absolute atomic E-state index is 0. The third kappa shape index (κ3) is 2.54. The normalized spacial score (nSPS) is 8.00. The van der Waals surface area contributed by atoms with Crippen molar-refractivity contribution < 1.29 is 61.3 Å². The van der Waals surface area contributed by atoms with Gasteiger partial charge in [-0.15, -0.1) is 0 Å². The molecule has 0 unspecified atom stereocenters. The molecule has 1 N–H and O–H groups in total. The number of carbonyl (C=O) groups is 1. The third-order valence-corrected chi connectivity index (χ3v) is 0.608. The molecule has 0 saturated carbocycles. The predicted molar refractivity (Wildman–Crippen MR) is 20.7 cm³/mol. The number of nitrogens with one attached hydrogen (secondary N) is 1. The zero-order valence-electron chi connectivity index (χ0n) is 4.79. The van der Waals surface area contributed by atoms with Crippen molar-refractivity contribution in [1.29, 1.82) is 0 Å².